The van der Waals surface area contributed by atoms with Crippen molar-refractivity contribution in [3.05, 3.63) is 65.3 Å². The smallest absolute Gasteiger partial charge is 0.426 e. The molecule has 28 heavy (non-hydrogen) atoms. The summed E-state index contributed by atoms with van der Waals surface area (Å²) in [4.78, 5) is 10.7. The van der Waals surface area contributed by atoms with Crippen LogP contribution in [0.5, 0.6) is 5.75 Å². The molecule has 0 N–H and O–H groups in total. The fraction of sp³-hybridized carbons (Fsp3) is 0.435. The van der Waals surface area contributed by atoms with Crippen molar-refractivity contribution in [1.29, 1.82) is 0 Å². The third-order valence-corrected chi connectivity index (χ3v) is 6.05. The van der Waals surface area contributed by atoms with Crippen LogP contribution in [-0.4, -0.2) is 15.8 Å². The van der Waals surface area contributed by atoms with Crippen LogP contribution in [0.25, 0.3) is 0 Å². The average Bonchev–Trinajstić information content (AvgIpc) is 2.81. The number of allylic oxidation sites excluding steroid dienone is 4. The Morgan fingerprint density at radius 1 is 1.11 bits per heavy atom. The first-order chi connectivity index (χ1) is 13.2. The van der Waals surface area contributed by atoms with Gasteiger partial charge in [-0.25, -0.2) is 0 Å². The van der Waals surface area contributed by atoms with Crippen LogP contribution in [-0.2, 0) is 0 Å². The standard InChI is InChI=1S/C23H25F2IO2/c1-16-3-7-18(8-4-16)19-9-10-20(14-22(2,26)13-19)23(24,25)28-21-11-5-17(15-27)6-12-21/h5-6,9-16,18H,3-4,7-8H2,1-2H3. The van der Waals surface area contributed by atoms with E-state index in [0.29, 0.717) is 17.8 Å². The molecule has 0 spiro atoms. The summed E-state index contributed by atoms with van der Waals surface area (Å²) in [6.07, 6.45) is 8.79. The highest BCUT2D eigenvalue weighted by molar-refractivity contribution is 14.1. The Kier molecular flexibility index (Phi) is 6.42. The quantitative estimate of drug-likeness (QED) is 0.251. The van der Waals surface area contributed by atoms with Gasteiger partial charge in [0.15, 0.2) is 0 Å². The Hall–Kier alpha value is -1.50. The van der Waals surface area contributed by atoms with E-state index < -0.39 is 9.53 Å². The molecular weight excluding hydrogens is 473 g/mol. The van der Waals surface area contributed by atoms with Crippen LogP contribution in [0.15, 0.2) is 59.7 Å². The topological polar surface area (TPSA) is 26.3 Å². The maximum absolute atomic E-state index is 14.9. The molecule has 1 saturated carbocycles. The van der Waals surface area contributed by atoms with E-state index in [1.54, 1.807) is 6.08 Å². The number of halogens is 3. The number of alkyl halides is 3. The predicted octanol–water partition coefficient (Wildman–Crippen LogP) is 6.91. The van der Waals surface area contributed by atoms with Gasteiger partial charge < -0.3 is 4.74 Å². The highest BCUT2D eigenvalue weighted by atomic mass is 127. The van der Waals surface area contributed by atoms with Crippen LogP contribution < -0.4 is 4.74 Å². The summed E-state index contributed by atoms with van der Waals surface area (Å²) in [6, 6.07) is 5.69. The third-order valence-electron chi connectivity index (χ3n) is 5.43. The van der Waals surface area contributed by atoms with Crippen molar-refractivity contribution in [3.63, 3.8) is 0 Å². The molecule has 2 aliphatic rings. The molecule has 0 aliphatic heterocycles. The Balaban J connectivity index is 1.80. The molecule has 0 radical (unpaired) electrons. The Morgan fingerprint density at radius 2 is 1.75 bits per heavy atom. The van der Waals surface area contributed by atoms with Gasteiger partial charge in [0.05, 0.1) is 8.99 Å². The van der Waals surface area contributed by atoms with Crippen LogP contribution in [0.3, 0.4) is 0 Å². The summed E-state index contributed by atoms with van der Waals surface area (Å²) in [5.41, 5.74) is 1.40. The first-order valence-corrected chi connectivity index (χ1v) is 10.7. The van der Waals surface area contributed by atoms with E-state index in [1.165, 1.54) is 43.2 Å². The lowest BCUT2D eigenvalue weighted by atomic mass is 9.78. The lowest BCUT2D eigenvalue weighted by Gasteiger charge is -2.28. The van der Waals surface area contributed by atoms with Crippen LogP contribution in [0.1, 0.15) is 49.9 Å². The normalized spacial score (nSPS) is 28.2. The second-order valence-corrected chi connectivity index (χ2v) is 10.3. The lowest BCUT2D eigenvalue weighted by molar-refractivity contribution is -0.139. The summed E-state index contributed by atoms with van der Waals surface area (Å²) >= 11 is 2.21. The van der Waals surface area contributed by atoms with Crippen molar-refractivity contribution in [2.24, 2.45) is 11.8 Å². The molecule has 1 fully saturated rings. The molecule has 1 aromatic rings. The van der Waals surface area contributed by atoms with Crippen LogP contribution in [0, 0.1) is 11.8 Å². The molecule has 150 valence electrons. The number of hydrogen-bond donors (Lipinski definition) is 0. The van der Waals surface area contributed by atoms with E-state index in [1.807, 2.05) is 13.0 Å². The zero-order valence-corrected chi connectivity index (χ0v) is 18.3. The lowest BCUT2D eigenvalue weighted by Crippen LogP contribution is -2.28. The average molecular weight is 498 g/mol. The van der Waals surface area contributed by atoms with Crippen LogP contribution in [0.2, 0.25) is 0 Å². The minimum atomic E-state index is -3.46. The summed E-state index contributed by atoms with van der Waals surface area (Å²) in [6.45, 7) is 4.20. The van der Waals surface area contributed by atoms with E-state index >= 15 is 0 Å². The van der Waals surface area contributed by atoms with Crippen molar-refractivity contribution >= 4 is 28.9 Å². The Morgan fingerprint density at radius 3 is 2.36 bits per heavy atom. The molecule has 0 aromatic heterocycles. The van der Waals surface area contributed by atoms with Gasteiger partial charge >= 0.3 is 6.11 Å². The van der Waals surface area contributed by atoms with Crippen molar-refractivity contribution in [2.45, 2.75) is 49.1 Å². The van der Waals surface area contributed by atoms with Gasteiger partial charge in [-0.2, -0.15) is 8.78 Å². The second-order valence-electron chi connectivity index (χ2n) is 7.99. The highest BCUT2D eigenvalue weighted by Crippen LogP contribution is 2.40. The fourth-order valence-electron chi connectivity index (χ4n) is 3.80. The van der Waals surface area contributed by atoms with Gasteiger partial charge in [0, 0.05) is 5.56 Å². The highest BCUT2D eigenvalue weighted by Gasteiger charge is 2.38. The molecule has 1 atom stereocenters. The van der Waals surface area contributed by atoms with Crippen molar-refractivity contribution in [2.75, 3.05) is 0 Å². The molecular formula is C23H25F2IO2. The van der Waals surface area contributed by atoms with Crippen molar-refractivity contribution in [1.82, 2.24) is 0 Å². The summed E-state index contributed by atoms with van der Waals surface area (Å²) in [5, 5.41) is 0. The number of hydrogen-bond acceptors (Lipinski definition) is 2. The molecule has 0 amide bonds. The number of carbonyl (C=O) groups is 1. The summed E-state index contributed by atoms with van der Waals surface area (Å²) < 4.78 is 34.2. The maximum Gasteiger partial charge on any atom is 0.426 e. The maximum atomic E-state index is 14.9. The first-order valence-electron chi connectivity index (χ1n) is 9.64. The summed E-state index contributed by atoms with van der Waals surface area (Å²) in [5.74, 6) is 1.20. The van der Waals surface area contributed by atoms with Gasteiger partial charge in [0.25, 0.3) is 0 Å². The third kappa shape index (κ3) is 5.31. The molecule has 3 rings (SSSR count). The van der Waals surface area contributed by atoms with Crippen LogP contribution >= 0.6 is 22.6 Å². The zero-order chi connectivity index (χ0) is 20.4. The van der Waals surface area contributed by atoms with E-state index in [-0.39, 0.29) is 11.3 Å². The van der Waals surface area contributed by atoms with E-state index in [9.17, 15) is 13.6 Å². The molecule has 0 bridgehead atoms. The molecule has 1 aromatic carbocycles. The molecule has 2 aliphatic carbocycles. The van der Waals surface area contributed by atoms with Gasteiger partial charge in [-0.15, -0.1) is 0 Å². The van der Waals surface area contributed by atoms with Gasteiger partial charge in [-0.3, -0.25) is 4.79 Å². The second kappa shape index (κ2) is 8.47. The predicted molar refractivity (Wildman–Crippen MR) is 116 cm³/mol. The number of aldehydes is 1. The Labute approximate surface area is 178 Å². The molecule has 0 heterocycles. The van der Waals surface area contributed by atoms with E-state index in [2.05, 4.69) is 35.6 Å². The molecule has 2 nitrogen and oxygen atoms in total. The first kappa shape index (κ1) is 21.2. The fourth-order valence-corrected chi connectivity index (χ4v) is 4.50. The van der Waals surface area contributed by atoms with Crippen molar-refractivity contribution < 1.29 is 18.3 Å². The molecule has 1 unspecified atom stereocenters. The van der Waals surface area contributed by atoms with Crippen molar-refractivity contribution in [3.8, 4) is 5.75 Å². The van der Waals surface area contributed by atoms with E-state index in [0.717, 1.165) is 24.3 Å². The van der Waals surface area contributed by atoms with Crippen LogP contribution in [0.4, 0.5) is 8.78 Å². The summed E-state index contributed by atoms with van der Waals surface area (Å²) in [7, 11) is 0. The minimum absolute atomic E-state index is 0.0266. The largest absolute Gasteiger partial charge is 0.429 e. The number of benzene rings is 1. The number of rotatable bonds is 5. The van der Waals surface area contributed by atoms with Gasteiger partial charge in [-0.1, -0.05) is 60.6 Å². The minimum Gasteiger partial charge on any atom is -0.429 e. The molecule has 5 heteroatoms. The monoisotopic (exact) mass is 498 g/mol. The Bertz CT molecular complexity index is 798. The SMILES string of the molecule is CC1CCC(C2=CC(C)(I)C=C(C(F)(F)Oc3ccc(C=O)cc3)C=C2)CC1. The van der Waals surface area contributed by atoms with Gasteiger partial charge in [-0.05, 0) is 67.5 Å². The van der Waals surface area contributed by atoms with E-state index in [4.69, 9.17) is 4.74 Å². The molecule has 0 saturated heterocycles. The zero-order valence-electron chi connectivity index (χ0n) is 16.1. The number of carbonyl (C=O) groups excluding carboxylic acids is 1. The van der Waals surface area contributed by atoms with Gasteiger partial charge in [0.1, 0.15) is 12.0 Å². The van der Waals surface area contributed by atoms with Gasteiger partial charge in [0.2, 0.25) is 0 Å². The number of ether oxygens (including phenoxy) is 1.